The minimum absolute atomic E-state index is 0.0375. The highest BCUT2D eigenvalue weighted by atomic mass is 16.3. The summed E-state index contributed by atoms with van der Waals surface area (Å²) in [4.78, 5) is 11.8. The first-order chi connectivity index (χ1) is 14.7. The van der Waals surface area contributed by atoms with Gasteiger partial charge in [-0.05, 0) is 91.3 Å². The van der Waals surface area contributed by atoms with E-state index in [4.69, 9.17) is 5.73 Å². The van der Waals surface area contributed by atoms with Gasteiger partial charge < -0.3 is 21.3 Å². The highest BCUT2D eigenvalue weighted by Crippen LogP contribution is 2.68. The minimum atomic E-state index is -0.288. The number of amides is 1. The van der Waals surface area contributed by atoms with Gasteiger partial charge in [0, 0.05) is 6.04 Å². The van der Waals surface area contributed by atoms with Gasteiger partial charge in [-0.3, -0.25) is 4.79 Å². The lowest BCUT2D eigenvalue weighted by Crippen LogP contribution is -2.63. The van der Waals surface area contributed by atoms with Crippen molar-refractivity contribution in [1.82, 2.24) is 5.32 Å². The maximum atomic E-state index is 11.8. The first kappa shape index (κ1) is 23.5. The summed E-state index contributed by atoms with van der Waals surface area (Å²) in [6.45, 7) is 9.45. The van der Waals surface area contributed by atoms with Crippen molar-refractivity contribution in [3.63, 3.8) is 0 Å². The number of nitrogens with one attached hydrogen (secondary N) is 1. The first-order valence-corrected chi connectivity index (χ1v) is 13.0. The molecule has 31 heavy (non-hydrogen) atoms. The Morgan fingerprint density at radius 1 is 1.13 bits per heavy atom. The minimum Gasteiger partial charge on any atom is -0.393 e. The third-order valence-electron chi connectivity index (χ3n) is 10.8. The molecule has 4 aliphatic rings. The van der Waals surface area contributed by atoms with Crippen LogP contribution in [0.1, 0.15) is 85.5 Å². The van der Waals surface area contributed by atoms with E-state index in [0.717, 1.165) is 38.5 Å². The van der Waals surface area contributed by atoms with Crippen molar-refractivity contribution < 1.29 is 15.0 Å². The molecule has 0 aromatic rings. The number of aliphatic hydroxyl groups excluding tert-OH is 2. The number of aliphatic hydroxyl groups is 2. The molecule has 5 nitrogen and oxygen atoms in total. The van der Waals surface area contributed by atoms with E-state index in [9.17, 15) is 15.0 Å². The van der Waals surface area contributed by atoms with Crippen LogP contribution in [0.4, 0.5) is 0 Å². The Balaban J connectivity index is 1.57. The quantitative estimate of drug-likeness (QED) is 0.533. The molecule has 11 unspecified atom stereocenters. The van der Waals surface area contributed by atoms with Crippen LogP contribution >= 0.6 is 0 Å². The van der Waals surface area contributed by atoms with E-state index in [1.165, 1.54) is 19.3 Å². The molecule has 4 fully saturated rings. The van der Waals surface area contributed by atoms with E-state index in [-0.39, 0.29) is 41.5 Å². The molecule has 0 aliphatic heterocycles. The molecule has 1 amide bonds. The van der Waals surface area contributed by atoms with Gasteiger partial charge in [0.05, 0.1) is 18.8 Å². The number of carbonyl (C=O) groups is 1. The van der Waals surface area contributed by atoms with Crippen molar-refractivity contribution >= 4 is 5.91 Å². The van der Waals surface area contributed by atoms with Crippen LogP contribution in [0.3, 0.4) is 0 Å². The van der Waals surface area contributed by atoms with Gasteiger partial charge in [0.15, 0.2) is 0 Å². The summed E-state index contributed by atoms with van der Waals surface area (Å²) in [5.74, 6) is 2.63. The van der Waals surface area contributed by atoms with Gasteiger partial charge in [-0.2, -0.15) is 0 Å². The normalized spacial score (nSPS) is 50.2. The maximum absolute atomic E-state index is 11.8. The van der Waals surface area contributed by atoms with Gasteiger partial charge in [0.25, 0.3) is 0 Å². The molecule has 4 saturated carbocycles. The van der Waals surface area contributed by atoms with Crippen LogP contribution in [0.2, 0.25) is 0 Å². The fourth-order valence-corrected chi connectivity index (χ4v) is 9.23. The Morgan fingerprint density at radius 3 is 2.55 bits per heavy atom. The zero-order valence-electron chi connectivity index (χ0n) is 20.1. The summed E-state index contributed by atoms with van der Waals surface area (Å²) in [5.41, 5.74) is 5.58. The fourth-order valence-electron chi connectivity index (χ4n) is 9.23. The van der Waals surface area contributed by atoms with Crippen molar-refractivity contribution in [3.8, 4) is 0 Å². The van der Waals surface area contributed by atoms with Crippen LogP contribution in [0.25, 0.3) is 0 Å². The lowest BCUT2D eigenvalue weighted by atomic mass is 9.43. The number of hydrogen-bond donors (Lipinski definition) is 4. The van der Waals surface area contributed by atoms with Crippen molar-refractivity contribution in [2.45, 2.75) is 104 Å². The number of fused-ring (bicyclic) bond motifs is 5. The van der Waals surface area contributed by atoms with Crippen molar-refractivity contribution in [3.05, 3.63) is 0 Å². The van der Waals surface area contributed by atoms with E-state index in [0.29, 0.717) is 35.5 Å². The highest BCUT2D eigenvalue weighted by Gasteiger charge is 2.65. The van der Waals surface area contributed by atoms with Gasteiger partial charge in [0.1, 0.15) is 0 Å². The number of rotatable bonds is 5. The molecule has 0 radical (unpaired) electrons. The van der Waals surface area contributed by atoms with Crippen LogP contribution in [0.15, 0.2) is 0 Å². The molecule has 4 rings (SSSR count). The van der Waals surface area contributed by atoms with Crippen molar-refractivity contribution in [1.29, 1.82) is 0 Å². The smallest absolute Gasteiger partial charge is 0.233 e. The lowest BCUT2D eigenvalue weighted by Gasteiger charge is -2.63. The van der Waals surface area contributed by atoms with Gasteiger partial charge >= 0.3 is 0 Å². The topological polar surface area (TPSA) is 95.6 Å². The largest absolute Gasteiger partial charge is 0.393 e. The van der Waals surface area contributed by atoms with Gasteiger partial charge in [-0.25, -0.2) is 0 Å². The molecule has 0 heterocycles. The molecule has 0 bridgehead atoms. The molecule has 0 saturated heterocycles. The average molecular weight is 435 g/mol. The molecule has 0 spiro atoms. The third kappa shape index (κ3) is 3.67. The summed E-state index contributed by atoms with van der Waals surface area (Å²) in [6, 6.07) is 0.169. The Hall–Kier alpha value is -0.650. The zero-order chi connectivity index (χ0) is 22.6. The summed E-state index contributed by atoms with van der Waals surface area (Å²) < 4.78 is 0. The fraction of sp³-hybridized carbons (Fsp3) is 0.962. The molecule has 5 N–H and O–H groups in total. The summed E-state index contributed by atoms with van der Waals surface area (Å²) >= 11 is 0. The predicted molar refractivity (Wildman–Crippen MR) is 123 cm³/mol. The standard InChI is InChI=1S/C26H46N2O3/c1-5-6-15(2)18-7-8-19-24-20(13-22(30)26(18,19)4)25(3)10-9-17(28-23(31)14-27)11-16(25)12-21(24)29/h15-22,24,29-30H,5-14,27H2,1-4H3,(H,28,31). The van der Waals surface area contributed by atoms with E-state index in [1.54, 1.807) is 0 Å². The Kier molecular flexibility index (Phi) is 6.53. The lowest BCUT2D eigenvalue weighted by molar-refractivity contribution is -0.202. The monoisotopic (exact) mass is 434 g/mol. The molecular formula is C26H46N2O3. The van der Waals surface area contributed by atoms with Crippen LogP contribution in [0, 0.1) is 46.3 Å². The third-order valence-corrected chi connectivity index (χ3v) is 10.8. The van der Waals surface area contributed by atoms with E-state index in [2.05, 4.69) is 33.0 Å². The van der Waals surface area contributed by atoms with Crippen LogP contribution in [0.5, 0.6) is 0 Å². The molecule has 4 aliphatic carbocycles. The summed E-state index contributed by atoms with van der Waals surface area (Å²) in [6.07, 6.45) is 8.85. The molecule has 0 aromatic heterocycles. The SMILES string of the molecule is CCCC(C)C1CCC2C3C(O)CC4CC(NC(=O)CN)CCC4(C)C3CC(O)C12C. The van der Waals surface area contributed by atoms with Crippen molar-refractivity contribution in [2.24, 2.45) is 52.1 Å². The van der Waals surface area contributed by atoms with Crippen LogP contribution < -0.4 is 11.1 Å². The van der Waals surface area contributed by atoms with Crippen LogP contribution in [-0.4, -0.2) is 40.9 Å². The second-order valence-corrected chi connectivity index (χ2v) is 12.1. The van der Waals surface area contributed by atoms with E-state index < -0.39 is 0 Å². The molecule has 0 aromatic carbocycles. The van der Waals surface area contributed by atoms with Crippen molar-refractivity contribution in [2.75, 3.05) is 6.54 Å². The van der Waals surface area contributed by atoms with Crippen LogP contribution in [-0.2, 0) is 4.79 Å². The van der Waals surface area contributed by atoms with Gasteiger partial charge in [0.2, 0.25) is 5.91 Å². The average Bonchev–Trinajstić information content (AvgIpc) is 3.08. The molecule has 11 atom stereocenters. The van der Waals surface area contributed by atoms with Gasteiger partial charge in [-0.15, -0.1) is 0 Å². The molecule has 178 valence electrons. The molecule has 5 heteroatoms. The zero-order valence-corrected chi connectivity index (χ0v) is 20.1. The first-order valence-electron chi connectivity index (χ1n) is 13.0. The highest BCUT2D eigenvalue weighted by molar-refractivity contribution is 5.78. The van der Waals surface area contributed by atoms with E-state index >= 15 is 0 Å². The summed E-state index contributed by atoms with van der Waals surface area (Å²) in [7, 11) is 0. The van der Waals surface area contributed by atoms with E-state index in [1.807, 2.05) is 0 Å². The number of hydrogen-bond acceptors (Lipinski definition) is 4. The Morgan fingerprint density at radius 2 is 1.87 bits per heavy atom. The Labute approximate surface area is 188 Å². The molecular weight excluding hydrogens is 388 g/mol. The Bertz CT molecular complexity index is 671. The van der Waals surface area contributed by atoms with Gasteiger partial charge in [-0.1, -0.05) is 40.5 Å². The second-order valence-electron chi connectivity index (χ2n) is 12.1. The number of carbonyl (C=O) groups excluding carboxylic acids is 1. The second kappa shape index (κ2) is 8.61. The maximum Gasteiger partial charge on any atom is 0.233 e. The number of nitrogens with two attached hydrogens (primary N) is 1. The summed E-state index contributed by atoms with van der Waals surface area (Å²) in [5, 5.41) is 26.2. The predicted octanol–water partition coefficient (Wildman–Crippen LogP) is 3.47.